The van der Waals surface area contributed by atoms with Crippen molar-refractivity contribution in [2.75, 3.05) is 26.2 Å². The van der Waals surface area contributed by atoms with Crippen LogP contribution in [-0.4, -0.2) is 51.4 Å². The molecular weight excluding hydrogens is 412 g/mol. The number of carbonyl (C=O) groups excluding carboxylic acids is 1. The summed E-state index contributed by atoms with van der Waals surface area (Å²) >= 11 is 0. The van der Waals surface area contributed by atoms with Gasteiger partial charge >= 0.3 is 5.76 Å². The molecule has 168 valence electrons. The molecule has 0 radical (unpaired) electrons. The van der Waals surface area contributed by atoms with Gasteiger partial charge in [-0.2, -0.15) is 0 Å². The fraction of sp³-hybridized carbons (Fsp3) is 0.391. The van der Waals surface area contributed by atoms with Crippen molar-refractivity contribution in [2.45, 2.75) is 32.9 Å². The first-order valence-corrected chi connectivity index (χ1v) is 10.7. The molecule has 1 amide bonds. The van der Waals surface area contributed by atoms with Crippen molar-refractivity contribution in [2.24, 2.45) is 0 Å². The van der Waals surface area contributed by atoms with E-state index in [1.807, 2.05) is 4.90 Å². The average molecular weight is 438 g/mol. The number of piperazine rings is 1. The second kappa shape index (κ2) is 9.35. The quantitative estimate of drug-likeness (QED) is 0.415. The molecule has 32 heavy (non-hydrogen) atoms. The summed E-state index contributed by atoms with van der Waals surface area (Å²) in [6.07, 6.45) is 0.831. The van der Waals surface area contributed by atoms with Gasteiger partial charge in [-0.1, -0.05) is 29.8 Å². The van der Waals surface area contributed by atoms with Crippen LogP contribution in [0.2, 0.25) is 0 Å². The lowest BCUT2D eigenvalue weighted by Gasteiger charge is -2.35. The molecule has 1 fully saturated rings. The number of aryl methyl sites for hydroxylation is 2. The predicted octanol–water partition coefficient (Wildman–Crippen LogP) is 2.94. The van der Waals surface area contributed by atoms with Crippen LogP contribution < -0.4 is 5.76 Å². The van der Waals surface area contributed by atoms with Gasteiger partial charge in [0.05, 0.1) is 16.5 Å². The van der Waals surface area contributed by atoms with E-state index in [1.54, 1.807) is 0 Å². The maximum absolute atomic E-state index is 12.6. The maximum atomic E-state index is 12.6. The number of aromatic nitrogens is 1. The number of benzene rings is 2. The van der Waals surface area contributed by atoms with Crippen LogP contribution in [0.25, 0.3) is 11.1 Å². The van der Waals surface area contributed by atoms with Crippen LogP contribution in [0.1, 0.15) is 24.0 Å². The highest BCUT2D eigenvalue weighted by atomic mass is 16.6. The fourth-order valence-corrected chi connectivity index (χ4v) is 4.15. The lowest BCUT2D eigenvalue weighted by Crippen LogP contribution is -2.48. The Kier molecular flexibility index (Phi) is 6.36. The van der Waals surface area contributed by atoms with Crippen LogP contribution in [0.3, 0.4) is 0 Å². The standard InChI is InChI=1S/C23H26N4O5/c1-17-4-2-5-18(14-17)16-24-10-12-25(13-11-24)22(28)6-3-9-26-20-8-7-19(27(30)31)15-21(20)32-23(26)29/h2,4-5,7-8,14-15H,3,6,9-13,16H2,1H3. The van der Waals surface area contributed by atoms with Crippen LogP contribution in [0.4, 0.5) is 5.69 Å². The third-order valence-corrected chi connectivity index (χ3v) is 5.85. The minimum atomic E-state index is -0.572. The summed E-state index contributed by atoms with van der Waals surface area (Å²) in [6, 6.07) is 12.6. The number of hydrogen-bond acceptors (Lipinski definition) is 6. The molecule has 9 nitrogen and oxygen atoms in total. The molecule has 9 heteroatoms. The third kappa shape index (κ3) is 4.88. The number of non-ortho nitro benzene ring substituents is 1. The van der Waals surface area contributed by atoms with E-state index in [0.717, 1.165) is 19.6 Å². The largest absolute Gasteiger partial charge is 0.419 e. The van der Waals surface area contributed by atoms with E-state index in [1.165, 1.54) is 33.9 Å². The zero-order valence-corrected chi connectivity index (χ0v) is 18.0. The first-order chi connectivity index (χ1) is 15.4. The van der Waals surface area contributed by atoms with Crippen molar-refractivity contribution in [3.8, 4) is 0 Å². The van der Waals surface area contributed by atoms with Gasteiger partial charge in [0, 0.05) is 51.8 Å². The van der Waals surface area contributed by atoms with Crippen LogP contribution in [0.15, 0.2) is 51.7 Å². The molecule has 3 aromatic rings. The zero-order valence-electron chi connectivity index (χ0n) is 18.0. The van der Waals surface area contributed by atoms with E-state index in [9.17, 15) is 19.7 Å². The number of amides is 1. The highest BCUT2D eigenvalue weighted by Crippen LogP contribution is 2.20. The Balaban J connectivity index is 1.27. The van der Waals surface area contributed by atoms with Crippen LogP contribution in [0.5, 0.6) is 0 Å². The summed E-state index contributed by atoms with van der Waals surface area (Å²) in [5.41, 5.74) is 3.08. The predicted molar refractivity (Wildman–Crippen MR) is 119 cm³/mol. The normalized spacial score (nSPS) is 14.7. The molecule has 0 aliphatic carbocycles. The van der Waals surface area contributed by atoms with Crippen LogP contribution >= 0.6 is 0 Å². The number of fused-ring (bicyclic) bond motifs is 1. The van der Waals surface area contributed by atoms with E-state index in [0.29, 0.717) is 38.0 Å². The molecular formula is C23H26N4O5. The second-order valence-electron chi connectivity index (χ2n) is 8.18. The molecule has 1 aromatic heterocycles. The summed E-state index contributed by atoms with van der Waals surface area (Å²) < 4.78 is 6.56. The number of rotatable bonds is 7. The highest BCUT2D eigenvalue weighted by Gasteiger charge is 2.21. The number of hydrogen-bond donors (Lipinski definition) is 0. The molecule has 4 rings (SSSR count). The van der Waals surface area contributed by atoms with E-state index in [-0.39, 0.29) is 17.2 Å². The van der Waals surface area contributed by atoms with Gasteiger partial charge in [-0.3, -0.25) is 24.4 Å². The number of oxazole rings is 1. The Morgan fingerprint density at radius 2 is 1.91 bits per heavy atom. The molecule has 1 aliphatic rings. The lowest BCUT2D eigenvalue weighted by atomic mass is 10.1. The van der Waals surface area contributed by atoms with E-state index in [4.69, 9.17) is 4.42 Å². The molecule has 0 atom stereocenters. The zero-order chi connectivity index (χ0) is 22.7. The molecule has 2 heterocycles. The van der Waals surface area contributed by atoms with Gasteiger partial charge in [-0.25, -0.2) is 4.79 Å². The van der Waals surface area contributed by atoms with Gasteiger partial charge in [0.2, 0.25) is 5.91 Å². The maximum Gasteiger partial charge on any atom is 0.419 e. The topological polar surface area (TPSA) is 102 Å². The van der Waals surface area contributed by atoms with Crippen molar-refractivity contribution in [3.63, 3.8) is 0 Å². The summed E-state index contributed by atoms with van der Waals surface area (Å²) in [4.78, 5) is 39.4. The van der Waals surface area contributed by atoms with Gasteiger partial charge in [-0.05, 0) is 25.0 Å². The summed E-state index contributed by atoms with van der Waals surface area (Å²) in [6.45, 7) is 6.37. The van der Waals surface area contributed by atoms with E-state index >= 15 is 0 Å². The van der Waals surface area contributed by atoms with Crippen LogP contribution in [0, 0.1) is 17.0 Å². The van der Waals surface area contributed by atoms with Crippen molar-refractivity contribution in [3.05, 3.63) is 74.3 Å². The molecule has 2 aromatic carbocycles. The molecule has 1 aliphatic heterocycles. The summed E-state index contributed by atoms with van der Waals surface area (Å²) in [7, 11) is 0. The number of nitro benzene ring substituents is 1. The van der Waals surface area contributed by atoms with Gasteiger partial charge in [0.1, 0.15) is 0 Å². The molecule has 0 spiro atoms. The molecule has 1 saturated heterocycles. The van der Waals surface area contributed by atoms with Gasteiger partial charge < -0.3 is 9.32 Å². The van der Waals surface area contributed by atoms with Crippen molar-refractivity contribution in [1.82, 2.24) is 14.4 Å². The number of nitro groups is 1. The minimum absolute atomic E-state index is 0.0803. The Morgan fingerprint density at radius 1 is 1.12 bits per heavy atom. The van der Waals surface area contributed by atoms with Gasteiger partial charge in [-0.15, -0.1) is 0 Å². The third-order valence-electron chi connectivity index (χ3n) is 5.85. The fourth-order valence-electron chi connectivity index (χ4n) is 4.15. The Labute approximate surface area is 185 Å². The van der Waals surface area contributed by atoms with E-state index in [2.05, 4.69) is 36.1 Å². The summed E-state index contributed by atoms with van der Waals surface area (Å²) in [5, 5.41) is 10.9. The van der Waals surface area contributed by atoms with Crippen molar-refractivity contribution < 1.29 is 14.1 Å². The summed E-state index contributed by atoms with van der Waals surface area (Å²) in [5.74, 6) is -0.491. The number of nitrogens with zero attached hydrogens (tertiary/aromatic N) is 4. The molecule has 0 bridgehead atoms. The van der Waals surface area contributed by atoms with E-state index < -0.39 is 10.7 Å². The minimum Gasteiger partial charge on any atom is -0.407 e. The lowest BCUT2D eigenvalue weighted by molar-refractivity contribution is -0.384. The number of carbonyl (C=O) groups is 1. The molecule has 0 N–H and O–H groups in total. The Morgan fingerprint density at radius 3 is 2.62 bits per heavy atom. The first-order valence-electron chi connectivity index (χ1n) is 10.7. The first kappa shape index (κ1) is 21.8. The molecule has 0 saturated carbocycles. The smallest absolute Gasteiger partial charge is 0.407 e. The second-order valence-corrected chi connectivity index (χ2v) is 8.18. The van der Waals surface area contributed by atoms with Crippen LogP contribution in [-0.2, 0) is 17.9 Å². The van der Waals surface area contributed by atoms with Crippen molar-refractivity contribution in [1.29, 1.82) is 0 Å². The average Bonchev–Trinajstić information content (AvgIpc) is 3.08. The highest BCUT2D eigenvalue weighted by molar-refractivity contribution is 5.77. The SMILES string of the molecule is Cc1cccc(CN2CCN(C(=O)CCCn3c(=O)oc4cc([N+](=O)[O-])ccc43)CC2)c1. The van der Waals surface area contributed by atoms with Gasteiger partial charge in [0.15, 0.2) is 5.58 Å². The Bertz CT molecular complexity index is 1190. The van der Waals surface area contributed by atoms with Gasteiger partial charge in [0.25, 0.3) is 5.69 Å². The Hall–Kier alpha value is -3.46. The molecule has 0 unspecified atom stereocenters. The van der Waals surface area contributed by atoms with Crippen molar-refractivity contribution >= 4 is 22.7 Å². The monoisotopic (exact) mass is 438 g/mol.